The zero-order valence-corrected chi connectivity index (χ0v) is 21.4. The molecule has 35 heavy (non-hydrogen) atoms. The molecule has 1 aromatic heterocycles. The molecule has 0 bridgehead atoms. The third-order valence-corrected chi connectivity index (χ3v) is 7.38. The Morgan fingerprint density at radius 2 is 1.86 bits per heavy atom. The first kappa shape index (κ1) is 25.0. The van der Waals surface area contributed by atoms with E-state index in [1.165, 1.54) is 17.4 Å². The molecule has 1 saturated heterocycles. The summed E-state index contributed by atoms with van der Waals surface area (Å²) in [5.41, 5.74) is 3.79. The van der Waals surface area contributed by atoms with Gasteiger partial charge in [0.15, 0.2) is 5.13 Å². The molecule has 10 heteroatoms. The molecule has 0 atom stereocenters. The van der Waals surface area contributed by atoms with Crippen LogP contribution in [0.5, 0.6) is 0 Å². The standard InChI is InChI=1S/C25H31N5O4S/c1-17-6-7-18(2)23-22(17)26-25(35-23)29(11-5-10-27(3)4)24(31)19-8-9-20(21(16-19)30(32)33)28-12-14-34-15-13-28/h6-9,16H,5,10-15H2,1-4H3. The molecule has 0 N–H and O–H groups in total. The molecule has 4 rings (SSSR count). The molecule has 0 unspecified atom stereocenters. The second-order valence-electron chi connectivity index (χ2n) is 9.05. The number of hydrogen-bond donors (Lipinski definition) is 0. The van der Waals surface area contributed by atoms with Gasteiger partial charge in [0.2, 0.25) is 0 Å². The molecular weight excluding hydrogens is 466 g/mol. The number of benzene rings is 2. The minimum Gasteiger partial charge on any atom is -0.378 e. The van der Waals surface area contributed by atoms with E-state index in [9.17, 15) is 14.9 Å². The predicted octanol–water partition coefficient (Wildman–Crippen LogP) is 4.26. The summed E-state index contributed by atoms with van der Waals surface area (Å²) in [7, 11) is 3.98. The Hall–Kier alpha value is -3.08. The minimum absolute atomic E-state index is 0.0676. The van der Waals surface area contributed by atoms with Gasteiger partial charge in [0, 0.05) is 31.3 Å². The van der Waals surface area contributed by atoms with E-state index in [4.69, 9.17) is 9.72 Å². The number of aromatic nitrogens is 1. The lowest BCUT2D eigenvalue weighted by atomic mass is 10.1. The van der Waals surface area contributed by atoms with Crippen molar-refractivity contribution in [3.63, 3.8) is 0 Å². The fourth-order valence-corrected chi connectivity index (χ4v) is 5.36. The molecule has 1 aliphatic heterocycles. The zero-order chi connectivity index (χ0) is 25.1. The van der Waals surface area contributed by atoms with E-state index in [1.54, 1.807) is 17.0 Å². The summed E-state index contributed by atoms with van der Waals surface area (Å²) in [6.07, 6.45) is 0.751. The van der Waals surface area contributed by atoms with Gasteiger partial charge in [0.25, 0.3) is 11.6 Å². The highest BCUT2D eigenvalue weighted by molar-refractivity contribution is 7.22. The van der Waals surface area contributed by atoms with Gasteiger partial charge in [-0.3, -0.25) is 19.8 Å². The lowest BCUT2D eigenvalue weighted by Gasteiger charge is -2.28. The van der Waals surface area contributed by atoms with E-state index in [1.807, 2.05) is 38.9 Å². The molecule has 1 fully saturated rings. The third-order valence-electron chi connectivity index (χ3n) is 6.16. The summed E-state index contributed by atoms with van der Waals surface area (Å²) in [4.78, 5) is 35.8. The highest BCUT2D eigenvalue weighted by Crippen LogP contribution is 2.35. The Bertz CT molecular complexity index is 1200. The smallest absolute Gasteiger partial charge is 0.293 e. The van der Waals surface area contributed by atoms with E-state index < -0.39 is 4.92 Å². The molecule has 0 radical (unpaired) electrons. The van der Waals surface area contributed by atoms with Gasteiger partial charge in [-0.05, 0) is 64.2 Å². The molecule has 0 aliphatic carbocycles. The molecule has 0 saturated carbocycles. The largest absolute Gasteiger partial charge is 0.378 e. The second-order valence-corrected chi connectivity index (χ2v) is 10.0. The number of nitro groups is 1. The summed E-state index contributed by atoms with van der Waals surface area (Å²) in [6.45, 7) is 7.52. The summed E-state index contributed by atoms with van der Waals surface area (Å²) < 4.78 is 6.43. The number of nitro benzene ring substituents is 1. The maximum absolute atomic E-state index is 13.8. The average molecular weight is 498 g/mol. The van der Waals surface area contributed by atoms with Crippen LogP contribution in [-0.4, -0.2) is 74.2 Å². The molecule has 3 aromatic rings. The lowest BCUT2D eigenvalue weighted by molar-refractivity contribution is -0.384. The van der Waals surface area contributed by atoms with Crippen LogP contribution in [0.1, 0.15) is 27.9 Å². The van der Waals surface area contributed by atoms with Crippen molar-refractivity contribution in [2.75, 3.05) is 63.3 Å². The predicted molar refractivity (Wildman–Crippen MR) is 140 cm³/mol. The van der Waals surface area contributed by atoms with Crippen LogP contribution < -0.4 is 9.80 Å². The van der Waals surface area contributed by atoms with E-state index in [0.29, 0.717) is 43.7 Å². The van der Waals surface area contributed by atoms with Crippen LogP contribution in [0.4, 0.5) is 16.5 Å². The SMILES string of the molecule is Cc1ccc(C)c2sc(N(CCCN(C)C)C(=O)c3ccc(N4CCOCC4)c([N+](=O)[O-])c3)nc12. The number of ether oxygens (including phenoxy) is 1. The summed E-state index contributed by atoms with van der Waals surface area (Å²) >= 11 is 1.49. The van der Waals surface area contributed by atoms with Crippen molar-refractivity contribution in [2.24, 2.45) is 0 Å². The Kier molecular flexibility index (Phi) is 7.63. The van der Waals surface area contributed by atoms with Crippen LogP contribution in [0.2, 0.25) is 0 Å². The van der Waals surface area contributed by atoms with Crippen LogP contribution >= 0.6 is 11.3 Å². The molecule has 186 valence electrons. The first-order chi connectivity index (χ1) is 16.8. The van der Waals surface area contributed by atoms with Gasteiger partial charge in [0.05, 0.1) is 28.4 Å². The Morgan fingerprint density at radius 3 is 2.51 bits per heavy atom. The van der Waals surface area contributed by atoms with Gasteiger partial charge in [-0.15, -0.1) is 0 Å². The lowest BCUT2D eigenvalue weighted by Crippen LogP contribution is -2.37. The molecule has 2 aromatic carbocycles. The van der Waals surface area contributed by atoms with E-state index in [0.717, 1.165) is 34.3 Å². The van der Waals surface area contributed by atoms with Crippen LogP contribution in [0.25, 0.3) is 10.2 Å². The van der Waals surface area contributed by atoms with Crippen molar-refractivity contribution in [3.05, 3.63) is 57.1 Å². The van der Waals surface area contributed by atoms with Gasteiger partial charge in [0.1, 0.15) is 5.69 Å². The molecule has 9 nitrogen and oxygen atoms in total. The van der Waals surface area contributed by atoms with Crippen molar-refractivity contribution in [3.8, 4) is 0 Å². The first-order valence-corrected chi connectivity index (χ1v) is 12.5. The molecule has 2 heterocycles. The Morgan fingerprint density at radius 1 is 1.14 bits per heavy atom. The summed E-state index contributed by atoms with van der Waals surface area (Å²) in [5, 5.41) is 12.5. The second kappa shape index (κ2) is 10.7. The number of amides is 1. The minimum atomic E-state index is -0.414. The van der Waals surface area contributed by atoms with E-state index in [2.05, 4.69) is 11.0 Å². The van der Waals surface area contributed by atoms with Crippen LogP contribution in [0.3, 0.4) is 0 Å². The number of fused-ring (bicyclic) bond motifs is 1. The van der Waals surface area contributed by atoms with Crippen molar-refractivity contribution < 1.29 is 14.5 Å². The van der Waals surface area contributed by atoms with Crippen LogP contribution in [0, 0.1) is 24.0 Å². The molecule has 1 aliphatic rings. The van der Waals surface area contributed by atoms with Crippen molar-refractivity contribution in [2.45, 2.75) is 20.3 Å². The van der Waals surface area contributed by atoms with E-state index >= 15 is 0 Å². The van der Waals surface area contributed by atoms with Gasteiger partial charge in [-0.2, -0.15) is 0 Å². The fourth-order valence-electron chi connectivity index (χ4n) is 4.22. The fraction of sp³-hybridized carbons (Fsp3) is 0.440. The van der Waals surface area contributed by atoms with Crippen molar-refractivity contribution in [1.29, 1.82) is 0 Å². The number of anilines is 2. The number of rotatable bonds is 8. The molecular formula is C25H31N5O4S. The summed E-state index contributed by atoms with van der Waals surface area (Å²) in [5.74, 6) is -0.283. The number of thiazole rings is 1. The quantitative estimate of drug-likeness (QED) is 0.339. The molecule has 0 spiro atoms. The molecule has 1 amide bonds. The number of aryl methyl sites for hydroxylation is 2. The normalized spacial score (nSPS) is 14.0. The van der Waals surface area contributed by atoms with Crippen molar-refractivity contribution >= 4 is 44.0 Å². The van der Waals surface area contributed by atoms with Gasteiger partial charge in [-0.25, -0.2) is 4.98 Å². The monoisotopic (exact) mass is 497 g/mol. The van der Waals surface area contributed by atoms with Gasteiger partial charge < -0.3 is 14.5 Å². The number of nitrogens with zero attached hydrogens (tertiary/aromatic N) is 5. The zero-order valence-electron chi connectivity index (χ0n) is 20.6. The Labute approximate surface area is 209 Å². The van der Waals surface area contributed by atoms with E-state index in [-0.39, 0.29) is 17.2 Å². The highest BCUT2D eigenvalue weighted by Gasteiger charge is 2.27. The maximum atomic E-state index is 13.8. The third kappa shape index (κ3) is 5.44. The number of carbonyl (C=O) groups excluding carboxylic acids is 1. The van der Waals surface area contributed by atoms with Crippen molar-refractivity contribution in [1.82, 2.24) is 9.88 Å². The van der Waals surface area contributed by atoms with Crippen LogP contribution in [-0.2, 0) is 4.74 Å². The average Bonchev–Trinajstić information content (AvgIpc) is 3.30. The number of hydrogen-bond acceptors (Lipinski definition) is 8. The Balaban J connectivity index is 1.71. The number of carbonyl (C=O) groups is 1. The first-order valence-electron chi connectivity index (χ1n) is 11.7. The van der Waals surface area contributed by atoms with Gasteiger partial charge >= 0.3 is 0 Å². The topological polar surface area (TPSA) is 92.0 Å². The number of morpholine rings is 1. The van der Waals surface area contributed by atoms with Crippen LogP contribution in [0.15, 0.2) is 30.3 Å². The van der Waals surface area contributed by atoms with Gasteiger partial charge in [-0.1, -0.05) is 23.5 Å². The summed E-state index contributed by atoms with van der Waals surface area (Å²) in [6, 6.07) is 8.86. The maximum Gasteiger partial charge on any atom is 0.293 e. The highest BCUT2D eigenvalue weighted by atomic mass is 32.1.